The van der Waals surface area contributed by atoms with Crippen molar-refractivity contribution in [2.24, 2.45) is 10.9 Å². The zero-order chi connectivity index (χ0) is 19.6. The topological polar surface area (TPSA) is 65.3 Å². The van der Waals surface area contributed by atoms with Crippen molar-refractivity contribution in [1.82, 2.24) is 20.4 Å². The molecule has 2 N–H and O–H groups in total. The first-order valence-electron chi connectivity index (χ1n) is 10.1. The normalized spacial score (nSPS) is 18.7. The van der Waals surface area contributed by atoms with Crippen LogP contribution >= 0.6 is 0 Å². The minimum atomic E-state index is 0.156. The summed E-state index contributed by atoms with van der Waals surface area (Å²) in [6, 6.07) is 4.53. The Morgan fingerprint density at radius 2 is 2.00 bits per heavy atom. The molecule has 0 bridgehead atoms. The number of hydrogen-bond donors (Lipinski definition) is 2. The fourth-order valence-corrected chi connectivity index (χ4v) is 3.40. The summed E-state index contributed by atoms with van der Waals surface area (Å²) in [5, 5.41) is 6.85. The molecule has 2 heterocycles. The summed E-state index contributed by atoms with van der Waals surface area (Å²) in [6.45, 7) is 12.6. The molecule has 2 unspecified atom stereocenters. The van der Waals surface area contributed by atoms with Crippen molar-refractivity contribution in [3.8, 4) is 0 Å². The minimum Gasteiger partial charge on any atom is -0.468 e. The zero-order valence-corrected chi connectivity index (χ0v) is 17.6. The Morgan fingerprint density at radius 3 is 2.56 bits per heavy atom. The lowest BCUT2D eigenvalue weighted by molar-refractivity contribution is 0.00867. The second kappa shape index (κ2) is 11.3. The molecule has 0 spiro atoms. The number of furan rings is 1. The van der Waals surface area contributed by atoms with E-state index >= 15 is 0 Å². The smallest absolute Gasteiger partial charge is 0.191 e. The summed E-state index contributed by atoms with van der Waals surface area (Å²) in [6.07, 6.45) is 1.72. The van der Waals surface area contributed by atoms with E-state index in [-0.39, 0.29) is 6.04 Å². The van der Waals surface area contributed by atoms with Crippen molar-refractivity contribution in [2.75, 3.05) is 60.0 Å². The van der Waals surface area contributed by atoms with Gasteiger partial charge in [0.2, 0.25) is 0 Å². The van der Waals surface area contributed by atoms with E-state index in [1.165, 1.54) is 0 Å². The van der Waals surface area contributed by atoms with Crippen LogP contribution in [0.25, 0.3) is 0 Å². The standard InChI is InChI=1S/C20H37N5O2/c1-6-21-20(23-15-18(24(4)5)19-8-7-11-27-19)22-14-17(16(2)3)25-9-12-26-13-10-25/h7-8,11,16-18H,6,9-10,12-15H2,1-5H3,(H2,21,22,23). The van der Waals surface area contributed by atoms with Crippen LogP contribution in [-0.4, -0.2) is 81.8 Å². The molecule has 1 aromatic heterocycles. The molecular weight excluding hydrogens is 342 g/mol. The molecule has 1 aliphatic rings. The maximum Gasteiger partial charge on any atom is 0.191 e. The molecule has 0 amide bonds. The average Bonchev–Trinajstić information content (AvgIpc) is 3.16. The van der Waals surface area contributed by atoms with Crippen molar-refractivity contribution < 1.29 is 9.15 Å². The number of hydrogen-bond acceptors (Lipinski definition) is 5. The number of likely N-dealkylation sites (N-methyl/N-ethyl adjacent to an activating group) is 1. The molecular formula is C20H37N5O2. The van der Waals surface area contributed by atoms with E-state index in [1.807, 2.05) is 12.1 Å². The fraction of sp³-hybridized carbons (Fsp3) is 0.750. The number of ether oxygens (including phenoxy) is 1. The number of nitrogens with one attached hydrogen (secondary N) is 2. The Hall–Kier alpha value is -1.57. The minimum absolute atomic E-state index is 0.156. The van der Waals surface area contributed by atoms with Gasteiger partial charge in [-0.15, -0.1) is 0 Å². The van der Waals surface area contributed by atoms with Gasteiger partial charge in [0.25, 0.3) is 0 Å². The van der Waals surface area contributed by atoms with Gasteiger partial charge in [-0.3, -0.25) is 14.8 Å². The summed E-state index contributed by atoms with van der Waals surface area (Å²) < 4.78 is 11.1. The Bertz CT molecular complexity index is 539. The highest BCUT2D eigenvalue weighted by Crippen LogP contribution is 2.17. The van der Waals surface area contributed by atoms with Gasteiger partial charge >= 0.3 is 0 Å². The second-order valence-electron chi connectivity index (χ2n) is 7.56. The number of guanidine groups is 1. The lowest BCUT2D eigenvalue weighted by Gasteiger charge is -2.36. The third-order valence-corrected chi connectivity index (χ3v) is 5.02. The van der Waals surface area contributed by atoms with Crippen LogP contribution < -0.4 is 10.6 Å². The van der Waals surface area contributed by atoms with Crippen molar-refractivity contribution >= 4 is 5.96 Å². The molecule has 27 heavy (non-hydrogen) atoms. The van der Waals surface area contributed by atoms with E-state index in [9.17, 15) is 0 Å². The van der Waals surface area contributed by atoms with Crippen molar-refractivity contribution in [2.45, 2.75) is 32.9 Å². The summed E-state index contributed by atoms with van der Waals surface area (Å²) in [4.78, 5) is 9.55. The lowest BCUT2D eigenvalue weighted by atomic mass is 10.0. The SMILES string of the molecule is CCNC(=NCC(C(C)C)N1CCOCC1)NCC(c1ccco1)N(C)C. The zero-order valence-electron chi connectivity index (χ0n) is 17.6. The van der Waals surface area contributed by atoms with Gasteiger partial charge in [-0.25, -0.2) is 0 Å². The van der Waals surface area contributed by atoms with E-state index in [4.69, 9.17) is 14.1 Å². The maximum atomic E-state index is 5.60. The third kappa shape index (κ3) is 6.83. The van der Waals surface area contributed by atoms with Crippen LogP contribution in [0.2, 0.25) is 0 Å². The molecule has 1 aromatic rings. The first-order valence-corrected chi connectivity index (χ1v) is 10.1. The molecule has 0 aromatic carbocycles. The van der Waals surface area contributed by atoms with Gasteiger partial charge < -0.3 is 19.8 Å². The molecule has 0 aliphatic carbocycles. The molecule has 7 heteroatoms. The van der Waals surface area contributed by atoms with Gasteiger partial charge in [0.1, 0.15) is 5.76 Å². The van der Waals surface area contributed by atoms with Crippen molar-refractivity contribution in [3.63, 3.8) is 0 Å². The molecule has 1 aliphatic heterocycles. The molecule has 154 valence electrons. The molecule has 1 saturated heterocycles. The first kappa shape index (κ1) is 21.7. The second-order valence-corrected chi connectivity index (χ2v) is 7.56. The quantitative estimate of drug-likeness (QED) is 0.504. The highest BCUT2D eigenvalue weighted by molar-refractivity contribution is 5.79. The molecule has 2 atom stereocenters. The highest BCUT2D eigenvalue weighted by Gasteiger charge is 2.24. The number of morpholine rings is 1. The molecule has 0 saturated carbocycles. The molecule has 7 nitrogen and oxygen atoms in total. The van der Waals surface area contributed by atoms with Crippen molar-refractivity contribution in [1.29, 1.82) is 0 Å². The van der Waals surface area contributed by atoms with Crippen LogP contribution in [-0.2, 0) is 4.74 Å². The summed E-state index contributed by atoms with van der Waals surface area (Å²) in [5.74, 6) is 2.36. The van der Waals surface area contributed by atoms with E-state index in [1.54, 1.807) is 6.26 Å². The molecule has 1 fully saturated rings. The van der Waals surface area contributed by atoms with Gasteiger partial charge in [-0.05, 0) is 39.1 Å². The predicted octanol–water partition coefficient (Wildman–Crippen LogP) is 1.79. The van der Waals surface area contributed by atoms with Gasteiger partial charge in [0.15, 0.2) is 5.96 Å². The third-order valence-electron chi connectivity index (χ3n) is 5.02. The first-order chi connectivity index (χ1) is 13.0. The number of rotatable bonds is 9. The average molecular weight is 380 g/mol. The monoisotopic (exact) mass is 379 g/mol. The Morgan fingerprint density at radius 1 is 1.26 bits per heavy atom. The van der Waals surface area contributed by atoms with Crippen LogP contribution in [0.4, 0.5) is 0 Å². The van der Waals surface area contributed by atoms with Crippen LogP contribution in [0.1, 0.15) is 32.6 Å². The van der Waals surface area contributed by atoms with Crippen LogP contribution in [0.15, 0.2) is 27.8 Å². The van der Waals surface area contributed by atoms with Gasteiger partial charge in [0, 0.05) is 32.2 Å². The van der Waals surface area contributed by atoms with Gasteiger partial charge in [0.05, 0.1) is 32.1 Å². The maximum absolute atomic E-state index is 5.60. The Labute approximate surface area is 164 Å². The van der Waals surface area contributed by atoms with E-state index in [2.05, 4.69) is 55.3 Å². The Kier molecular flexibility index (Phi) is 9.10. The molecule has 2 rings (SSSR count). The van der Waals surface area contributed by atoms with Crippen molar-refractivity contribution in [3.05, 3.63) is 24.2 Å². The van der Waals surface area contributed by atoms with Crippen LogP contribution in [0, 0.1) is 5.92 Å². The fourth-order valence-electron chi connectivity index (χ4n) is 3.40. The number of nitrogens with zero attached hydrogens (tertiary/aromatic N) is 3. The largest absolute Gasteiger partial charge is 0.468 e. The van der Waals surface area contributed by atoms with E-state index in [0.29, 0.717) is 12.0 Å². The van der Waals surface area contributed by atoms with E-state index < -0.39 is 0 Å². The highest BCUT2D eigenvalue weighted by atomic mass is 16.5. The van der Waals surface area contributed by atoms with E-state index in [0.717, 1.165) is 57.7 Å². The van der Waals surface area contributed by atoms with Gasteiger partial charge in [-0.2, -0.15) is 0 Å². The lowest BCUT2D eigenvalue weighted by Crippen LogP contribution is -2.48. The summed E-state index contributed by atoms with van der Waals surface area (Å²) in [7, 11) is 4.12. The summed E-state index contributed by atoms with van der Waals surface area (Å²) in [5.41, 5.74) is 0. The summed E-state index contributed by atoms with van der Waals surface area (Å²) >= 11 is 0. The van der Waals surface area contributed by atoms with Crippen LogP contribution in [0.5, 0.6) is 0 Å². The number of aliphatic imine (C=N–C) groups is 1. The van der Waals surface area contributed by atoms with Gasteiger partial charge in [-0.1, -0.05) is 13.8 Å². The Balaban J connectivity index is 1.99. The van der Waals surface area contributed by atoms with Crippen LogP contribution in [0.3, 0.4) is 0 Å². The molecule has 0 radical (unpaired) electrons. The predicted molar refractivity (Wildman–Crippen MR) is 110 cm³/mol.